The molecule has 0 saturated carbocycles. The summed E-state index contributed by atoms with van der Waals surface area (Å²) in [7, 11) is 0. The average molecular weight is 289 g/mol. The molecule has 1 amide bonds. The van der Waals surface area contributed by atoms with Gasteiger partial charge in [-0.3, -0.25) is 9.59 Å². The number of benzene rings is 1. The smallest absolute Gasteiger partial charge is 0.308 e. The second kappa shape index (κ2) is 5.88. The molecule has 0 spiro atoms. The van der Waals surface area contributed by atoms with Crippen LogP contribution in [0.2, 0.25) is 0 Å². The molecule has 0 aliphatic carbocycles. The predicted molar refractivity (Wildman–Crippen MR) is 81.0 cm³/mol. The van der Waals surface area contributed by atoms with Gasteiger partial charge in [0.05, 0.1) is 12.0 Å². The first-order valence-corrected chi connectivity index (χ1v) is 7.44. The molecule has 0 radical (unpaired) electrons. The highest BCUT2D eigenvalue weighted by Crippen LogP contribution is 2.39. The van der Waals surface area contributed by atoms with Crippen molar-refractivity contribution in [2.45, 2.75) is 52.6 Å². The molecular formula is C17H23NO3. The zero-order valence-corrected chi connectivity index (χ0v) is 13.1. The summed E-state index contributed by atoms with van der Waals surface area (Å²) in [5.74, 6) is -1.31. The van der Waals surface area contributed by atoms with Crippen molar-refractivity contribution in [2.75, 3.05) is 0 Å². The topological polar surface area (TPSA) is 57.6 Å². The number of carbonyl (C=O) groups is 2. The van der Waals surface area contributed by atoms with Crippen molar-refractivity contribution >= 4 is 11.9 Å². The number of nitrogens with zero attached hydrogens (tertiary/aromatic N) is 1. The van der Waals surface area contributed by atoms with Gasteiger partial charge in [0.1, 0.15) is 0 Å². The number of rotatable bonds is 3. The second-order valence-corrected chi connectivity index (χ2v) is 6.18. The van der Waals surface area contributed by atoms with Gasteiger partial charge in [0, 0.05) is 12.5 Å². The number of carboxylic acids is 1. The average Bonchev–Trinajstić information content (AvgIpc) is 2.40. The van der Waals surface area contributed by atoms with E-state index in [0.717, 1.165) is 16.7 Å². The van der Waals surface area contributed by atoms with Crippen LogP contribution in [0.25, 0.3) is 0 Å². The van der Waals surface area contributed by atoms with E-state index in [1.54, 1.807) is 4.90 Å². The number of piperidine rings is 1. The number of hydrogen-bond donors (Lipinski definition) is 1. The minimum atomic E-state index is -0.820. The Kier molecular flexibility index (Phi) is 4.35. The van der Waals surface area contributed by atoms with E-state index in [9.17, 15) is 14.7 Å². The molecule has 0 bridgehead atoms. The van der Waals surface area contributed by atoms with Crippen molar-refractivity contribution in [1.29, 1.82) is 0 Å². The van der Waals surface area contributed by atoms with Crippen LogP contribution in [0.5, 0.6) is 0 Å². The lowest BCUT2D eigenvalue weighted by molar-refractivity contribution is -0.153. The van der Waals surface area contributed by atoms with E-state index < -0.39 is 11.9 Å². The first kappa shape index (κ1) is 15.5. The van der Waals surface area contributed by atoms with Crippen LogP contribution in [0.1, 0.15) is 49.4 Å². The summed E-state index contributed by atoms with van der Waals surface area (Å²) in [4.78, 5) is 25.7. The van der Waals surface area contributed by atoms with Crippen molar-refractivity contribution in [3.05, 3.63) is 34.9 Å². The Bertz CT molecular complexity index is 565. The summed E-state index contributed by atoms with van der Waals surface area (Å²) < 4.78 is 0. The normalized spacial score (nSPS) is 22.7. The van der Waals surface area contributed by atoms with Crippen molar-refractivity contribution in [1.82, 2.24) is 4.90 Å². The fraction of sp³-hybridized carbons (Fsp3) is 0.529. The minimum Gasteiger partial charge on any atom is -0.481 e. The number of carboxylic acid groups (broad SMARTS) is 1. The summed E-state index contributed by atoms with van der Waals surface area (Å²) in [6.07, 6.45) is 0.728. The maximum atomic E-state index is 12.3. The molecule has 1 aliphatic rings. The molecule has 1 N–H and O–H groups in total. The van der Waals surface area contributed by atoms with Gasteiger partial charge in [-0.1, -0.05) is 23.8 Å². The minimum absolute atomic E-state index is 0.00966. The molecule has 1 aromatic carbocycles. The SMILES string of the molecule is Cc1ccc(C)c(C2C(C(=O)O)CCC(=O)N2C(C)C)c1. The second-order valence-electron chi connectivity index (χ2n) is 6.18. The monoisotopic (exact) mass is 289 g/mol. The van der Waals surface area contributed by atoms with Crippen LogP contribution in [0.15, 0.2) is 18.2 Å². The molecule has 4 nitrogen and oxygen atoms in total. The van der Waals surface area contributed by atoms with Crippen molar-refractivity contribution < 1.29 is 14.7 Å². The van der Waals surface area contributed by atoms with Gasteiger partial charge in [0.25, 0.3) is 0 Å². The summed E-state index contributed by atoms with van der Waals surface area (Å²) in [5.41, 5.74) is 3.09. The van der Waals surface area contributed by atoms with Crippen molar-refractivity contribution in [3.8, 4) is 0 Å². The molecule has 4 heteroatoms. The molecule has 2 atom stereocenters. The fourth-order valence-corrected chi connectivity index (χ4v) is 3.23. The van der Waals surface area contributed by atoms with E-state index in [-0.39, 0.29) is 18.0 Å². The van der Waals surface area contributed by atoms with E-state index in [4.69, 9.17) is 0 Å². The van der Waals surface area contributed by atoms with Gasteiger partial charge < -0.3 is 10.0 Å². The molecule has 1 aliphatic heterocycles. The maximum absolute atomic E-state index is 12.3. The number of aliphatic carboxylic acids is 1. The Morgan fingerprint density at radius 1 is 1.33 bits per heavy atom. The third kappa shape index (κ3) is 2.94. The van der Waals surface area contributed by atoms with Crippen molar-refractivity contribution in [2.24, 2.45) is 5.92 Å². The molecule has 114 valence electrons. The van der Waals surface area contributed by atoms with Gasteiger partial charge in [-0.25, -0.2) is 0 Å². The van der Waals surface area contributed by atoms with Crippen LogP contribution in [0.3, 0.4) is 0 Å². The van der Waals surface area contributed by atoms with Gasteiger partial charge >= 0.3 is 5.97 Å². The standard InChI is InChI=1S/C17H23NO3/c1-10(2)18-15(19)8-7-13(17(20)21)16(18)14-9-11(3)5-6-12(14)4/h5-6,9-10,13,16H,7-8H2,1-4H3,(H,20,21). The molecule has 2 rings (SSSR count). The van der Waals surface area contributed by atoms with Gasteiger partial charge in [-0.15, -0.1) is 0 Å². The third-order valence-electron chi connectivity index (χ3n) is 4.26. The summed E-state index contributed by atoms with van der Waals surface area (Å²) in [6.45, 7) is 7.86. The van der Waals surface area contributed by atoms with Crippen LogP contribution >= 0.6 is 0 Å². The van der Waals surface area contributed by atoms with Crippen molar-refractivity contribution in [3.63, 3.8) is 0 Å². The number of likely N-dealkylation sites (tertiary alicyclic amines) is 1. The first-order chi connectivity index (χ1) is 9.82. The Morgan fingerprint density at radius 2 is 2.00 bits per heavy atom. The Morgan fingerprint density at radius 3 is 2.57 bits per heavy atom. The van der Waals surface area contributed by atoms with Gasteiger partial charge in [-0.2, -0.15) is 0 Å². The van der Waals surface area contributed by atoms with Crippen LogP contribution in [0.4, 0.5) is 0 Å². The molecule has 1 heterocycles. The molecule has 21 heavy (non-hydrogen) atoms. The van der Waals surface area contributed by atoms with Gasteiger partial charge in [-0.05, 0) is 45.2 Å². The van der Waals surface area contributed by atoms with Crippen LogP contribution < -0.4 is 0 Å². The van der Waals surface area contributed by atoms with Crippen LogP contribution in [-0.4, -0.2) is 27.9 Å². The van der Waals surface area contributed by atoms with E-state index in [2.05, 4.69) is 0 Å². The number of carbonyl (C=O) groups excluding carboxylic acids is 1. The molecule has 0 aromatic heterocycles. The lowest BCUT2D eigenvalue weighted by Gasteiger charge is -2.43. The fourth-order valence-electron chi connectivity index (χ4n) is 3.23. The summed E-state index contributed by atoms with van der Waals surface area (Å²) in [6, 6.07) is 5.65. The number of aryl methyl sites for hydroxylation is 2. The summed E-state index contributed by atoms with van der Waals surface area (Å²) >= 11 is 0. The van der Waals surface area contributed by atoms with E-state index >= 15 is 0 Å². The largest absolute Gasteiger partial charge is 0.481 e. The highest BCUT2D eigenvalue weighted by Gasteiger charge is 2.42. The molecular weight excluding hydrogens is 266 g/mol. The quantitative estimate of drug-likeness (QED) is 0.930. The Balaban J connectivity index is 2.56. The number of hydrogen-bond acceptors (Lipinski definition) is 2. The van der Waals surface area contributed by atoms with E-state index in [0.29, 0.717) is 12.8 Å². The third-order valence-corrected chi connectivity index (χ3v) is 4.26. The predicted octanol–water partition coefficient (Wildman–Crippen LogP) is 3.08. The zero-order chi connectivity index (χ0) is 15.7. The van der Waals surface area contributed by atoms with Gasteiger partial charge in [0.15, 0.2) is 0 Å². The van der Waals surface area contributed by atoms with E-state index in [1.807, 2.05) is 45.9 Å². The van der Waals surface area contributed by atoms with Crippen LogP contribution in [-0.2, 0) is 9.59 Å². The lowest BCUT2D eigenvalue weighted by Crippen LogP contribution is -2.48. The first-order valence-electron chi connectivity index (χ1n) is 7.44. The highest BCUT2D eigenvalue weighted by atomic mass is 16.4. The van der Waals surface area contributed by atoms with E-state index in [1.165, 1.54) is 0 Å². The summed E-state index contributed by atoms with van der Waals surface area (Å²) in [5, 5.41) is 9.58. The lowest BCUT2D eigenvalue weighted by atomic mass is 9.81. The Hall–Kier alpha value is -1.84. The molecule has 1 aromatic rings. The molecule has 2 unspecified atom stereocenters. The Labute approximate surface area is 125 Å². The molecule has 1 fully saturated rings. The van der Waals surface area contributed by atoms with Crippen LogP contribution in [0, 0.1) is 19.8 Å². The molecule has 1 saturated heterocycles. The van der Waals surface area contributed by atoms with Gasteiger partial charge in [0.2, 0.25) is 5.91 Å². The maximum Gasteiger partial charge on any atom is 0.308 e. The zero-order valence-electron chi connectivity index (χ0n) is 13.1. The number of amides is 1. The highest BCUT2D eigenvalue weighted by molar-refractivity contribution is 5.82.